The SMILES string of the molecule is C=C1CCN(c2ccc(-n3ccc(OCc4ccc(Cl)cn4)cc3=O)cn2)C1. The summed E-state index contributed by atoms with van der Waals surface area (Å²) in [5, 5.41) is 0.570. The number of nitrogens with zero attached hydrogens (tertiary/aromatic N) is 4. The summed E-state index contributed by atoms with van der Waals surface area (Å²) in [6, 6.07) is 10.6. The number of rotatable bonds is 5. The van der Waals surface area contributed by atoms with Crippen LogP contribution >= 0.6 is 11.6 Å². The van der Waals surface area contributed by atoms with Crippen LogP contribution < -0.4 is 15.2 Å². The van der Waals surface area contributed by atoms with Crippen LogP contribution in [0.1, 0.15) is 12.1 Å². The molecule has 0 aliphatic carbocycles. The van der Waals surface area contributed by atoms with Gasteiger partial charge in [0.05, 0.1) is 22.6 Å². The quantitative estimate of drug-likeness (QED) is 0.618. The van der Waals surface area contributed by atoms with Crippen molar-refractivity contribution < 1.29 is 4.74 Å². The van der Waals surface area contributed by atoms with Crippen LogP contribution in [-0.4, -0.2) is 27.6 Å². The van der Waals surface area contributed by atoms with Gasteiger partial charge in [-0.15, -0.1) is 0 Å². The van der Waals surface area contributed by atoms with Crippen molar-refractivity contribution in [3.8, 4) is 11.4 Å². The molecule has 1 aliphatic rings. The number of pyridine rings is 3. The van der Waals surface area contributed by atoms with Crippen LogP contribution in [0.2, 0.25) is 5.02 Å². The van der Waals surface area contributed by atoms with Crippen molar-refractivity contribution in [2.24, 2.45) is 0 Å². The van der Waals surface area contributed by atoms with Crippen LogP contribution in [0.25, 0.3) is 5.69 Å². The van der Waals surface area contributed by atoms with Gasteiger partial charge in [-0.1, -0.05) is 23.8 Å². The molecule has 142 valence electrons. The zero-order valence-corrected chi connectivity index (χ0v) is 16.0. The topological polar surface area (TPSA) is 60.2 Å². The summed E-state index contributed by atoms with van der Waals surface area (Å²) in [6.45, 7) is 6.04. The van der Waals surface area contributed by atoms with Gasteiger partial charge in [0.25, 0.3) is 5.56 Å². The van der Waals surface area contributed by atoms with Gasteiger partial charge in [-0.2, -0.15) is 0 Å². The lowest BCUT2D eigenvalue weighted by atomic mass is 10.3. The van der Waals surface area contributed by atoms with Crippen molar-refractivity contribution in [3.05, 3.63) is 88.2 Å². The first-order chi connectivity index (χ1) is 13.6. The molecule has 7 heteroatoms. The molecule has 0 radical (unpaired) electrons. The van der Waals surface area contributed by atoms with Crippen LogP contribution in [0.15, 0.2) is 71.9 Å². The largest absolute Gasteiger partial charge is 0.487 e. The third-order valence-corrected chi connectivity index (χ3v) is 4.77. The Balaban J connectivity index is 1.46. The monoisotopic (exact) mass is 394 g/mol. The minimum Gasteiger partial charge on any atom is -0.487 e. The van der Waals surface area contributed by atoms with Crippen molar-refractivity contribution in [1.29, 1.82) is 0 Å². The van der Waals surface area contributed by atoms with Crippen molar-refractivity contribution in [3.63, 3.8) is 0 Å². The van der Waals surface area contributed by atoms with Crippen molar-refractivity contribution >= 4 is 17.4 Å². The highest BCUT2D eigenvalue weighted by molar-refractivity contribution is 6.30. The molecule has 3 aromatic rings. The predicted molar refractivity (Wildman–Crippen MR) is 109 cm³/mol. The van der Waals surface area contributed by atoms with Gasteiger partial charge in [0.15, 0.2) is 0 Å². The van der Waals surface area contributed by atoms with Crippen molar-refractivity contribution in [2.45, 2.75) is 13.0 Å². The summed E-state index contributed by atoms with van der Waals surface area (Å²) < 4.78 is 7.19. The summed E-state index contributed by atoms with van der Waals surface area (Å²) in [4.78, 5) is 23.3. The van der Waals surface area contributed by atoms with E-state index in [1.165, 1.54) is 16.2 Å². The average molecular weight is 395 g/mol. The van der Waals surface area contributed by atoms with E-state index < -0.39 is 0 Å². The molecule has 0 saturated carbocycles. The first-order valence-electron chi connectivity index (χ1n) is 8.92. The molecule has 1 fully saturated rings. The summed E-state index contributed by atoms with van der Waals surface area (Å²) >= 11 is 5.82. The third kappa shape index (κ3) is 4.07. The van der Waals surface area contributed by atoms with Gasteiger partial charge in [0.1, 0.15) is 18.2 Å². The fraction of sp³-hybridized carbons (Fsp3) is 0.190. The first kappa shape index (κ1) is 18.3. The van der Waals surface area contributed by atoms with Gasteiger partial charge in [-0.25, -0.2) is 4.98 Å². The van der Waals surface area contributed by atoms with Gasteiger partial charge in [0, 0.05) is 31.5 Å². The number of aromatic nitrogens is 3. The second-order valence-corrected chi connectivity index (χ2v) is 7.06. The molecule has 1 saturated heterocycles. The molecule has 6 nitrogen and oxygen atoms in total. The highest BCUT2D eigenvalue weighted by atomic mass is 35.5. The van der Waals surface area contributed by atoms with Gasteiger partial charge in [0.2, 0.25) is 0 Å². The predicted octanol–water partition coefficient (Wildman–Crippen LogP) is 3.63. The van der Waals surface area contributed by atoms with E-state index in [-0.39, 0.29) is 12.2 Å². The standard InChI is InChI=1S/C21H19ClN4O2/c1-15-6-8-25(13-15)20-5-4-18(12-24-20)26-9-7-19(10-21(26)27)28-14-17-3-2-16(22)11-23-17/h2-5,7,9-12H,1,6,8,13-14H2. The smallest absolute Gasteiger partial charge is 0.258 e. The minimum atomic E-state index is -0.189. The Morgan fingerprint density at radius 1 is 1.14 bits per heavy atom. The summed E-state index contributed by atoms with van der Waals surface area (Å²) in [5.74, 6) is 1.38. The zero-order chi connectivity index (χ0) is 19.5. The van der Waals surface area contributed by atoms with Gasteiger partial charge in [-0.05, 0) is 36.8 Å². The Morgan fingerprint density at radius 2 is 2.04 bits per heavy atom. The first-order valence-corrected chi connectivity index (χ1v) is 9.30. The molecule has 3 aromatic heterocycles. The lowest BCUT2D eigenvalue weighted by Crippen LogP contribution is -2.20. The fourth-order valence-corrected chi connectivity index (χ4v) is 3.15. The number of ether oxygens (including phenoxy) is 1. The number of hydrogen-bond donors (Lipinski definition) is 0. The van der Waals surface area contributed by atoms with Gasteiger partial charge in [-0.3, -0.25) is 14.3 Å². The molecule has 0 bridgehead atoms. The van der Waals surface area contributed by atoms with E-state index in [1.807, 2.05) is 12.1 Å². The maximum Gasteiger partial charge on any atom is 0.258 e. The van der Waals surface area contributed by atoms with E-state index in [4.69, 9.17) is 16.3 Å². The van der Waals surface area contributed by atoms with Gasteiger partial charge >= 0.3 is 0 Å². The molecule has 0 aromatic carbocycles. The van der Waals surface area contributed by atoms with E-state index in [1.54, 1.807) is 36.8 Å². The lowest BCUT2D eigenvalue weighted by Gasteiger charge is -2.16. The number of halogens is 1. The molecule has 4 heterocycles. The van der Waals surface area contributed by atoms with E-state index in [2.05, 4.69) is 21.4 Å². The Bertz CT molecular complexity index is 1050. The van der Waals surface area contributed by atoms with Crippen LogP contribution in [0.3, 0.4) is 0 Å². The zero-order valence-electron chi connectivity index (χ0n) is 15.2. The fourth-order valence-electron chi connectivity index (χ4n) is 3.04. The molecule has 0 spiro atoms. The molecule has 0 amide bonds. The summed E-state index contributed by atoms with van der Waals surface area (Å²) in [6.07, 6.45) is 5.94. The van der Waals surface area contributed by atoms with E-state index >= 15 is 0 Å². The molecular formula is C21H19ClN4O2. The van der Waals surface area contributed by atoms with Crippen LogP contribution in [0.4, 0.5) is 5.82 Å². The molecular weight excluding hydrogens is 376 g/mol. The van der Waals surface area contributed by atoms with Crippen molar-refractivity contribution in [1.82, 2.24) is 14.5 Å². The Labute approximate surface area is 167 Å². The van der Waals surface area contributed by atoms with Crippen LogP contribution in [-0.2, 0) is 6.61 Å². The normalized spacial score (nSPS) is 13.8. The van der Waals surface area contributed by atoms with Crippen LogP contribution in [0, 0.1) is 0 Å². The highest BCUT2D eigenvalue weighted by Crippen LogP contribution is 2.21. The summed E-state index contributed by atoms with van der Waals surface area (Å²) in [5.41, 5.74) is 2.47. The number of anilines is 1. The Hall–Kier alpha value is -3.12. The van der Waals surface area contributed by atoms with Gasteiger partial charge < -0.3 is 9.64 Å². The lowest BCUT2D eigenvalue weighted by molar-refractivity contribution is 0.300. The number of hydrogen-bond acceptors (Lipinski definition) is 5. The summed E-state index contributed by atoms with van der Waals surface area (Å²) in [7, 11) is 0. The molecule has 28 heavy (non-hydrogen) atoms. The van der Waals surface area contributed by atoms with E-state index in [0.29, 0.717) is 16.5 Å². The average Bonchev–Trinajstić information content (AvgIpc) is 3.14. The third-order valence-electron chi connectivity index (χ3n) is 4.55. The maximum absolute atomic E-state index is 12.5. The maximum atomic E-state index is 12.5. The highest BCUT2D eigenvalue weighted by Gasteiger charge is 2.16. The minimum absolute atomic E-state index is 0.189. The molecule has 0 atom stereocenters. The Kier molecular flexibility index (Phi) is 5.12. The van der Waals surface area contributed by atoms with Crippen LogP contribution in [0.5, 0.6) is 5.75 Å². The second kappa shape index (κ2) is 7.86. The molecule has 0 N–H and O–H groups in total. The molecule has 4 rings (SSSR count). The molecule has 1 aliphatic heterocycles. The van der Waals surface area contributed by atoms with E-state index in [0.717, 1.165) is 31.0 Å². The van der Waals surface area contributed by atoms with Crippen molar-refractivity contribution in [2.75, 3.05) is 18.0 Å². The Morgan fingerprint density at radius 3 is 2.68 bits per heavy atom. The van der Waals surface area contributed by atoms with E-state index in [9.17, 15) is 4.79 Å². The second-order valence-electron chi connectivity index (χ2n) is 6.62. The molecule has 0 unspecified atom stereocenters.